The summed E-state index contributed by atoms with van der Waals surface area (Å²) in [5.41, 5.74) is 0.475. The number of hydrogen-bond donors (Lipinski definition) is 1. The Morgan fingerprint density at radius 2 is 1.70 bits per heavy atom. The molecule has 1 amide bonds. The van der Waals surface area contributed by atoms with Crippen LogP contribution >= 0.6 is 0 Å². The van der Waals surface area contributed by atoms with E-state index in [1.54, 1.807) is 0 Å². The minimum Gasteiger partial charge on any atom is -0.324 e. The van der Waals surface area contributed by atoms with E-state index in [1.807, 2.05) is 0 Å². The SMILES string of the molecule is CC(C(=O)Nc1ccc(F)c(F)c1)n1nc(-c2ccc(F)cc2)ccc1=O. The number of carbonyl (C=O) groups excluding carboxylic acids is 1. The van der Waals surface area contributed by atoms with Gasteiger partial charge in [0.25, 0.3) is 5.56 Å². The molecule has 5 nitrogen and oxygen atoms in total. The standard InChI is InChI=1S/C19H14F3N3O2/c1-11(19(27)23-14-6-7-15(21)16(22)10-14)25-18(26)9-8-17(24-25)12-2-4-13(20)5-3-12/h2-11H,1H3,(H,23,27). The highest BCUT2D eigenvalue weighted by Crippen LogP contribution is 2.18. The van der Waals surface area contributed by atoms with Crippen LogP contribution in [0.4, 0.5) is 18.9 Å². The van der Waals surface area contributed by atoms with E-state index < -0.39 is 35.0 Å². The van der Waals surface area contributed by atoms with Gasteiger partial charge >= 0.3 is 0 Å². The van der Waals surface area contributed by atoms with Gasteiger partial charge in [0, 0.05) is 23.4 Å². The minimum absolute atomic E-state index is 0.0495. The quantitative estimate of drug-likeness (QED) is 0.761. The molecule has 0 aliphatic heterocycles. The number of benzene rings is 2. The highest BCUT2D eigenvalue weighted by molar-refractivity contribution is 5.93. The molecule has 2 aromatic carbocycles. The van der Waals surface area contributed by atoms with Crippen LogP contribution in [0.15, 0.2) is 59.4 Å². The molecule has 0 radical (unpaired) electrons. The van der Waals surface area contributed by atoms with E-state index in [9.17, 15) is 22.8 Å². The van der Waals surface area contributed by atoms with Crippen LogP contribution in [-0.2, 0) is 4.79 Å². The molecule has 0 bridgehead atoms. The first-order valence-electron chi connectivity index (χ1n) is 7.97. The maximum absolute atomic E-state index is 13.3. The predicted octanol–water partition coefficient (Wildman–Crippen LogP) is 3.53. The Morgan fingerprint density at radius 3 is 2.37 bits per heavy atom. The summed E-state index contributed by atoms with van der Waals surface area (Å²) in [6.45, 7) is 1.44. The van der Waals surface area contributed by atoms with Gasteiger partial charge in [0.2, 0.25) is 5.91 Å². The summed E-state index contributed by atoms with van der Waals surface area (Å²) in [5.74, 6) is -3.18. The Morgan fingerprint density at radius 1 is 1.00 bits per heavy atom. The highest BCUT2D eigenvalue weighted by atomic mass is 19.2. The molecule has 0 saturated heterocycles. The van der Waals surface area contributed by atoms with Crippen molar-refractivity contribution in [3.63, 3.8) is 0 Å². The molecular weight excluding hydrogens is 359 g/mol. The van der Waals surface area contributed by atoms with Crippen molar-refractivity contribution in [3.05, 3.63) is 82.4 Å². The first kappa shape index (κ1) is 18.4. The maximum Gasteiger partial charge on any atom is 0.267 e. The molecule has 1 heterocycles. The Kier molecular flexibility index (Phi) is 5.07. The lowest BCUT2D eigenvalue weighted by Gasteiger charge is -2.15. The lowest BCUT2D eigenvalue weighted by Crippen LogP contribution is -2.33. The van der Waals surface area contributed by atoms with Crippen molar-refractivity contribution in [2.75, 3.05) is 5.32 Å². The van der Waals surface area contributed by atoms with Crippen LogP contribution < -0.4 is 10.9 Å². The number of nitrogens with one attached hydrogen (secondary N) is 1. The van der Waals surface area contributed by atoms with Crippen LogP contribution in [0.3, 0.4) is 0 Å². The maximum atomic E-state index is 13.3. The first-order valence-corrected chi connectivity index (χ1v) is 7.97. The summed E-state index contributed by atoms with van der Waals surface area (Å²) in [6, 6.07) is 10.1. The zero-order chi connectivity index (χ0) is 19.6. The smallest absolute Gasteiger partial charge is 0.267 e. The van der Waals surface area contributed by atoms with Crippen molar-refractivity contribution in [2.24, 2.45) is 0 Å². The molecule has 27 heavy (non-hydrogen) atoms. The molecule has 0 saturated carbocycles. The topological polar surface area (TPSA) is 64.0 Å². The molecule has 3 aromatic rings. The molecule has 0 aliphatic carbocycles. The van der Waals surface area contributed by atoms with Gasteiger partial charge in [-0.1, -0.05) is 0 Å². The van der Waals surface area contributed by atoms with E-state index in [0.717, 1.165) is 16.8 Å². The molecule has 1 unspecified atom stereocenters. The number of anilines is 1. The Balaban J connectivity index is 1.86. The van der Waals surface area contributed by atoms with Gasteiger partial charge in [-0.2, -0.15) is 5.10 Å². The van der Waals surface area contributed by atoms with Crippen molar-refractivity contribution in [1.29, 1.82) is 0 Å². The number of nitrogens with zero attached hydrogens (tertiary/aromatic N) is 2. The molecule has 0 fully saturated rings. The lowest BCUT2D eigenvalue weighted by atomic mass is 10.1. The number of aromatic nitrogens is 2. The lowest BCUT2D eigenvalue weighted by molar-refractivity contribution is -0.119. The molecule has 1 aromatic heterocycles. The van der Waals surface area contributed by atoms with Gasteiger partial charge in [-0.25, -0.2) is 17.9 Å². The first-order chi connectivity index (χ1) is 12.8. The van der Waals surface area contributed by atoms with Gasteiger partial charge in [-0.15, -0.1) is 0 Å². The van der Waals surface area contributed by atoms with Gasteiger partial charge in [0.1, 0.15) is 11.9 Å². The molecule has 3 rings (SSSR count). The van der Waals surface area contributed by atoms with E-state index in [0.29, 0.717) is 11.3 Å². The zero-order valence-corrected chi connectivity index (χ0v) is 14.1. The van der Waals surface area contributed by atoms with Crippen molar-refractivity contribution in [3.8, 4) is 11.3 Å². The predicted molar refractivity (Wildman–Crippen MR) is 93.6 cm³/mol. The third-order valence-electron chi connectivity index (χ3n) is 3.90. The Labute approximate surface area is 152 Å². The fourth-order valence-corrected chi connectivity index (χ4v) is 2.41. The van der Waals surface area contributed by atoms with Crippen LogP contribution in [0.2, 0.25) is 0 Å². The summed E-state index contributed by atoms with van der Waals surface area (Å²) in [6.07, 6.45) is 0. The molecular formula is C19H14F3N3O2. The second-order valence-electron chi connectivity index (χ2n) is 5.80. The summed E-state index contributed by atoms with van der Waals surface area (Å²) < 4.78 is 40.3. The monoisotopic (exact) mass is 373 g/mol. The van der Waals surface area contributed by atoms with Crippen molar-refractivity contribution >= 4 is 11.6 Å². The third-order valence-corrected chi connectivity index (χ3v) is 3.90. The average Bonchev–Trinajstić information content (AvgIpc) is 2.65. The normalized spacial score (nSPS) is 11.9. The summed E-state index contributed by atoms with van der Waals surface area (Å²) >= 11 is 0. The van der Waals surface area contributed by atoms with Crippen LogP contribution in [0.5, 0.6) is 0 Å². The van der Waals surface area contributed by atoms with Gasteiger partial charge in [0.05, 0.1) is 5.69 Å². The van der Waals surface area contributed by atoms with E-state index in [-0.39, 0.29) is 5.69 Å². The van der Waals surface area contributed by atoms with Crippen molar-refractivity contribution < 1.29 is 18.0 Å². The Bertz CT molecular complexity index is 1050. The number of rotatable bonds is 4. The van der Waals surface area contributed by atoms with E-state index in [1.165, 1.54) is 49.4 Å². The van der Waals surface area contributed by atoms with E-state index >= 15 is 0 Å². The molecule has 1 N–H and O–H groups in total. The molecule has 138 valence electrons. The largest absolute Gasteiger partial charge is 0.324 e. The fourth-order valence-electron chi connectivity index (χ4n) is 2.41. The van der Waals surface area contributed by atoms with Crippen LogP contribution in [-0.4, -0.2) is 15.7 Å². The number of hydrogen-bond acceptors (Lipinski definition) is 3. The number of halogens is 3. The second-order valence-corrected chi connectivity index (χ2v) is 5.80. The average molecular weight is 373 g/mol. The van der Waals surface area contributed by atoms with Crippen LogP contribution in [0, 0.1) is 17.5 Å². The van der Waals surface area contributed by atoms with Crippen molar-refractivity contribution in [2.45, 2.75) is 13.0 Å². The van der Waals surface area contributed by atoms with Crippen LogP contribution in [0.25, 0.3) is 11.3 Å². The molecule has 8 heteroatoms. The van der Waals surface area contributed by atoms with Gasteiger partial charge in [-0.3, -0.25) is 9.59 Å². The summed E-state index contributed by atoms with van der Waals surface area (Å²) in [4.78, 5) is 24.5. The molecule has 0 aliphatic rings. The minimum atomic E-state index is -1.10. The van der Waals surface area contributed by atoms with Gasteiger partial charge in [-0.05, 0) is 49.4 Å². The Hall–Kier alpha value is -3.42. The highest BCUT2D eigenvalue weighted by Gasteiger charge is 2.19. The third kappa shape index (κ3) is 4.05. The second kappa shape index (κ2) is 7.45. The fraction of sp³-hybridized carbons (Fsp3) is 0.105. The van der Waals surface area contributed by atoms with Gasteiger partial charge in [0.15, 0.2) is 11.6 Å². The number of carbonyl (C=O) groups is 1. The van der Waals surface area contributed by atoms with Gasteiger partial charge < -0.3 is 5.32 Å². The summed E-state index contributed by atoms with van der Waals surface area (Å²) in [7, 11) is 0. The number of amides is 1. The van der Waals surface area contributed by atoms with Crippen LogP contribution in [0.1, 0.15) is 13.0 Å². The van der Waals surface area contributed by atoms with Crippen molar-refractivity contribution in [1.82, 2.24) is 9.78 Å². The molecule has 0 spiro atoms. The summed E-state index contributed by atoms with van der Waals surface area (Å²) in [5, 5.41) is 6.56. The van der Waals surface area contributed by atoms with E-state index in [4.69, 9.17) is 0 Å². The van der Waals surface area contributed by atoms with E-state index in [2.05, 4.69) is 10.4 Å². The zero-order valence-electron chi connectivity index (χ0n) is 14.1. The molecule has 1 atom stereocenters.